The van der Waals surface area contributed by atoms with E-state index < -0.39 is 29.8 Å². The lowest BCUT2D eigenvalue weighted by molar-refractivity contribution is -0.117. The summed E-state index contributed by atoms with van der Waals surface area (Å²) in [6.07, 6.45) is -0.249. The number of carbonyl (C=O) groups excluding carboxylic acids is 1. The van der Waals surface area contributed by atoms with Crippen LogP contribution in [-0.4, -0.2) is 24.7 Å². The van der Waals surface area contributed by atoms with Crippen molar-refractivity contribution in [1.29, 1.82) is 0 Å². The highest BCUT2D eigenvalue weighted by Crippen LogP contribution is 2.27. The van der Waals surface area contributed by atoms with Crippen molar-refractivity contribution < 1.29 is 22.7 Å². The molecule has 0 saturated heterocycles. The quantitative estimate of drug-likeness (QED) is 0.645. The molecule has 1 amide bonds. The number of carbonyl (C=O) groups is 1. The molecule has 0 heterocycles. The maximum Gasteiger partial charge on any atom is 0.290 e. The molecule has 0 aliphatic heterocycles. The van der Waals surface area contributed by atoms with Crippen LogP contribution in [0.5, 0.6) is 0 Å². The lowest BCUT2D eigenvalue weighted by atomic mass is 10.2. The largest absolute Gasteiger partial charge is 0.485 e. The second kappa shape index (κ2) is 7.50. The number of amides is 1. The second-order valence-corrected chi connectivity index (χ2v) is 5.58. The molecule has 0 spiro atoms. The topological polar surface area (TPSA) is 64.3 Å². The van der Waals surface area contributed by atoms with Gasteiger partial charge in [0.2, 0.25) is 0 Å². The van der Waals surface area contributed by atoms with Crippen LogP contribution in [0.25, 0.3) is 0 Å². The Labute approximate surface area is 132 Å². The number of rotatable bonds is 5. The number of anilines is 1. The van der Waals surface area contributed by atoms with Gasteiger partial charge < -0.3 is 15.8 Å². The fourth-order valence-corrected chi connectivity index (χ4v) is 2.42. The summed E-state index contributed by atoms with van der Waals surface area (Å²) in [6.45, 7) is 1.69. The molecule has 23 heavy (non-hydrogen) atoms. The SMILES string of the molecule is C/C(CN)=C(\OC1CCC(F)C1)C(=O)Nc1cc(F)cc(F)c1. The van der Waals surface area contributed by atoms with E-state index in [4.69, 9.17) is 10.5 Å². The van der Waals surface area contributed by atoms with Crippen molar-refractivity contribution in [2.24, 2.45) is 5.73 Å². The molecule has 1 aliphatic carbocycles. The third kappa shape index (κ3) is 4.72. The highest BCUT2D eigenvalue weighted by Gasteiger charge is 2.28. The summed E-state index contributed by atoms with van der Waals surface area (Å²) < 4.78 is 45.2. The number of hydrogen-bond donors (Lipinski definition) is 2. The molecular formula is C16H19F3N2O2. The van der Waals surface area contributed by atoms with Gasteiger partial charge in [-0.1, -0.05) is 0 Å². The van der Waals surface area contributed by atoms with E-state index >= 15 is 0 Å². The summed E-state index contributed by atoms with van der Waals surface area (Å²) in [5.74, 6) is -2.31. The minimum atomic E-state index is -0.945. The van der Waals surface area contributed by atoms with E-state index in [1.807, 2.05) is 0 Å². The predicted octanol–water partition coefficient (Wildman–Crippen LogP) is 3.04. The van der Waals surface area contributed by atoms with Crippen molar-refractivity contribution >= 4 is 11.6 Å². The molecule has 0 radical (unpaired) electrons. The Morgan fingerprint density at radius 2 is 1.96 bits per heavy atom. The molecule has 1 aliphatic rings. The lowest BCUT2D eigenvalue weighted by Crippen LogP contribution is -2.23. The molecular weight excluding hydrogens is 309 g/mol. The maximum absolute atomic E-state index is 13.2. The zero-order valence-electron chi connectivity index (χ0n) is 12.7. The number of nitrogens with one attached hydrogen (secondary N) is 1. The fourth-order valence-electron chi connectivity index (χ4n) is 2.42. The first-order valence-corrected chi connectivity index (χ1v) is 7.37. The Morgan fingerprint density at radius 3 is 2.48 bits per heavy atom. The highest BCUT2D eigenvalue weighted by atomic mass is 19.1. The Hall–Kier alpha value is -2.02. The van der Waals surface area contributed by atoms with Gasteiger partial charge in [0.15, 0.2) is 5.76 Å². The van der Waals surface area contributed by atoms with Crippen LogP contribution in [0.3, 0.4) is 0 Å². The lowest BCUT2D eigenvalue weighted by Gasteiger charge is -2.18. The van der Waals surface area contributed by atoms with Gasteiger partial charge in [0.1, 0.15) is 23.9 Å². The van der Waals surface area contributed by atoms with Crippen molar-refractivity contribution in [1.82, 2.24) is 0 Å². The number of hydrogen-bond acceptors (Lipinski definition) is 3. The molecule has 3 N–H and O–H groups in total. The van der Waals surface area contributed by atoms with E-state index in [0.717, 1.165) is 12.1 Å². The number of halogens is 3. The minimum absolute atomic E-state index is 0.0312. The summed E-state index contributed by atoms with van der Waals surface area (Å²) in [4.78, 5) is 12.3. The van der Waals surface area contributed by atoms with Gasteiger partial charge in [-0.25, -0.2) is 13.2 Å². The van der Waals surface area contributed by atoms with Gasteiger partial charge in [-0.2, -0.15) is 0 Å². The zero-order chi connectivity index (χ0) is 17.0. The summed E-state index contributed by atoms with van der Waals surface area (Å²) in [6, 6.07) is 2.68. The smallest absolute Gasteiger partial charge is 0.290 e. The molecule has 2 unspecified atom stereocenters. The van der Waals surface area contributed by atoms with Crippen molar-refractivity contribution in [3.8, 4) is 0 Å². The summed E-state index contributed by atoms with van der Waals surface area (Å²) in [5, 5.41) is 2.37. The molecule has 2 rings (SSSR count). The van der Waals surface area contributed by atoms with E-state index in [1.165, 1.54) is 0 Å². The third-order valence-corrected chi connectivity index (χ3v) is 3.63. The molecule has 1 fully saturated rings. The molecule has 1 aromatic rings. The van der Waals surface area contributed by atoms with Crippen LogP contribution in [0, 0.1) is 11.6 Å². The van der Waals surface area contributed by atoms with E-state index in [2.05, 4.69) is 5.32 Å². The van der Waals surface area contributed by atoms with Gasteiger partial charge >= 0.3 is 0 Å². The number of nitrogens with two attached hydrogens (primary N) is 1. The molecule has 126 valence electrons. The molecule has 1 saturated carbocycles. The first kappa shape index (κ1) is 17.3. The molecule has 0 bridgehead atoms. The molecule has 1 aromatic carbocycles. The molecule has 4 nitrogen and oxygen atoms in total. The van der Waals surface area contributed by atoms with Crippen LogP contribution in [-0.2, 0) is 9.53 Å². The number of benzene rings is 1. The summed E-state index contributed by atoms with van der Waals surface area (Å²) >= 11 is 0. The van der Waals surface area contributed by atoms with Crippen molar-refractivity contribution in [3.05, 3.63) is 41.2 Å². The van der Waals surface area contributed by atoms with Crippen LogP contribution >= 0.6 is 0 Å². The first-order chi connectivity index (χ1) is 10.9. The standard InChI is InChI=1S/C16H19F3N2O2/c1-9(8-20)15(23-14-3-2-10(17)7-14)16(22)21-13-5-11(18)4-12(19)6-13/h4-6,10,14H,2-3,7-8,20H2,1H3,(H,21,22)/b15-9+. The van der Waals surface area contributed by atoms with Gasteiger partial charge in [0.05, 0.1) is 0 Å². The summed E-state index contributed by atoms with van der Waals surface area (Å²) in [7, 11) is 0. The van der Waals surface area contributed by atoms with Crippen molar-refractivity contribution in [2.45, 2.75) is 38.5 Å². The Balaban J connectivity index is 2.14. The van der Waals surface area contributed by atoms with Gasteiger partial charge in [-0.15, -0.1) is 0 Å². The summed E-state index contributed by atoms with van der Waals surface area (Å²) in [5.41, 5.74) is 5.98. The van der Waals surface area contributed by atoms with E-state index in [-0.39, 0.29) is 24.4 Å². The van der Waals surface area contributed by atoms with Gasteiger partial charge in [0, 0.05) is 24.7 Å². The van der Waals surface area contributed by atoms with Crippen LogP contribution in [0.15, 0.2) is 29.5 Å². The van der Waals surface area contributed by atoms with Gasteiger partial charge in [0.25, 0.3) is 5.91 Å². The average Bonchev–Trinajstić information content (AvgIpc) is 2.88. The average molecular weight is 328 g/mol. The molecule has 7 heteroatoms. The van der Waals surface area contributed by atoms with Crippen LogP contribution in [0.1, 0.15) is 26.2 Å². The Kier molecular flexibility index (Phi) is 5.65. The minimum Gasteiger partial charge on any atom is -0.485 e. The van der Waals surface area contributed by atoms with Gasteiger partial charge in [-0.05, 0) is 37.5 Å². The van der Waals surface area contributed by atoms with E-state index in [1.54, 1.807) is 6.92 Å². The van der Waals surface area contributed by atoms with E-state index in [9.17, 15) is 18.0 Å². The monoisotopic (exact) mass is 328 g/mol. The highest BCUT2D eigenvalue weighted by molar-refractivity contribution is 6.02. The second-order valence-electron chi connectivity index (χ2n) is 5.58. The van der Waals surface area contributed by atoms with Crippen molar-refractivity contribution in [2.75, 3.05) is 11.9 Å². The van der Waals surface area contributed by atoms with E-state index in [0.29, 0.717) is 24.5 Å². The van der Waals surface area contributed by atoms with Crippen molar-refractivity contribution in [3.63, 3.8) is 0 Å². The van der Waals surface area contributed by atoms with Crippen LogP contribution < -0.4 is 11.1 Å². The first-order valence-electron chi connectivity index (χ1n) is 7.37. The molecule has 0 aromatic heterocycles. The number of alkyl halides is 1. The molecule has 2 atom stereocenters. The maximum atomic E-state index is 13.2. The zero-order valence-corrected chi connectivity index (χ0v) is 12.7. The van der Waals surface area contributed by atoms with Gasteiger partial charge in [-0.3, -0.25) is 4.79 Å². The Morgan fingerprint density at radius 1 is 1.30 bits per heavy atom. The number of ether oxygens (including phenoxy) is 1. The third-order valence-electron chi connectivity index (χ3n) is 3.63. The normalized spacial score (nSPS) is 21.8. The fraction of sp³-hybridized carbons (Fsp3) is 0.438. The Bertz CT molecular complexity index is 599. The van der Waals surface area contributed by atoms with Crippen LogP contribution in [0.4, 0.5) is 18.9 Å². The van der Waals surface area contributed by atoms with Crippen LogP contribution in [0.2, 0.25) is 0 Å². The predicted molar refractivity (Wildman–Crippen MR) is 80.4 cm³/mol.